The summed E-state index contributed by atoms with van der Waals surface area (Å²) in [5.74, 6) is 0. The van der Waals surface area contributed by atoms with E-state index < -0.39 is 0 Å². The average Bonchev–Trinajstić information content (AvgIpc) is 2.33. The second-order valence-corrected chi connectivity index (χ2v) is 3.13. The summed E-state index contributed by atoms with van der Waals surface area (Å²) in [5.41, 5.74) is 4.56. The van der Waals surface area contributed by atoms with Crippen molar-refractivity contribution in [2.24, 2.45) is 0 Å². The largest absolute Gasteiger partial charge is 0.0590 e. The molecular formula is C10H14. The molecule has 0 amide bonds. The van der Waals surface area contributed by atoms with Gasteiger partial charge in [-0.2, -0.15) is 0 Å². The fourth-order valence-corrected chi connectivity index (χ4v) is 1.70. The van der Waals surface area contributed by atoms with Crippen LogP contribution >= 0.6 is 0 Å². The number of hydrogen-bond donors (Lipinski definition) is 0. The van der Waals surface area contributed by atoms with Crippen molar-refractivity contribution in [2.45, 2.75) is 26.2 Å². The normalized spacial score (nSPS) is 15.3. The minimum Gasteiger partial charge on any atom is -0.0590 e. The Balaban J connectivity index is 0.000000605. The molecule has 0 heteroatoms. The van der Waals surface area contributed by atoms with Crippen LogP contribution in [0.1, 0.15) is 24.5 Å². The molecule has 0 atom stereocenters. The molecule has 0 fully saturated rings. The van der Waals surface area contributed by atoms with E-state index >= 15 is 0 Å². The molecule has 1 aromatic carbocycles. The van der Waals surface area contributed by atoms with Crippen LogP contribution in [0, 0.1) is 6.92 Å². The Morgan fingerprint density at radius 2 is 2.00 bits per heavy atom. The summed E-state index contributed by atoms with van der Waals surface area (Å²) in [6.45, 7) is 2.17. The molecule has 0 radical (unpaired) electrons. The van der Waals surface area contributed by atoms with Gasteiger partial charge in [0.25, 0.3) is 0 Å². The SMILES string of the molecule is Cc1ccc2c(c1)CCC2.[HH]. The Kier molecular flexibility index (Phi) is 1.26. The summed E-state index contributed by atoms with van der Waals surface area (Å²) < 4.78 is 0. The highest BCUT2D eigenvalue weighted by Gasteiger charge is 2.08. The fourth-order valence-electron chi connectivity index (χ4n) is 1.70. The summed E-state index contributed by atoms with van der Waals surface area (Å²) in [7, 11) is 0. The van der Waals surface area contributed by atoms with Crippen molar-refractivity contribution < 1.29 is 1.43 Å². The van der Waals surface area contributed by atoms with Crippen LogP contribution < -0.4 is 0 Å². The molecule has 0 N–H and O–H groups in total. The zero-order valence-corrected chi connectivity index (χ0v) is 6.35. The molecule has 0 unspecified atom stereocenters. The first-order valence-electron chi connectivity index (χ1n) is 3.95. The van der Waals surface area contributed by atoms with E-state index in [2.05, 4.69) is 25.1 Å². The van der Waals surface area contributed by atoms with Gasteiger partial charge in [-0.1, -0.05) is 23.8 Å². The predicted octanol–water partition coefficient (Wildman–Crippen LogP) is 2.73. The van der Waals surface area contributed by atoms with E-state index in [0.29, 0.717) is 0 Å². The Labute approximate surface area is 63.4 Å². The van der Waals surface area contributed by atoms with E-state index in [4.69, 9.17) is 0 Å². The van der Waals surface area contributed by atoms with Crippen molar-refractivity contribution in [3.05, 3.63) is 34.9 Å². The van der Waals surface area contributed by atoms with Gasteiger partial charge in [0.15, 0.2) is 0 Å². The van der Waals surface area contributed by atoms with Crippen molar-refractivity contribution in [3.8, 4) is 0 Å². The monoisotopic (exact) mass is 134 g/mol. The van der Waals surface area contributed by atoms with Crippen LogP contribution in [0.15, 0.2) is 18.2 Å². The van der Waals surface area contributed by atoms with Gasteiger partial charge in [0.1, 0.15) is 0 Å². The highest BCUT2D eigenvalue weighted by Crippen LogP contribution is 2.22. The molecule has 2 rings (SSSR count). The molecule has 1 aliphatic carbocycles. The van der Waals surface area contributed by atoms with Crippen LogP contribution in [0.5, 0.6) is 0 Å². The van der Waals surface area contributed by atoms with Crippen molar-refractivity contribution in [3.63, 3.8) is 0 Å². The first-order chi connectivity index (χ1) is 4.86. The van der Waals surface area contributed by atoms with E-state index in [1.165, 1.54) is 24.8 Å². The topological polar surface area (TPSA) is 0 Å². The first-order valence-corrected chi connectivity index (χ1v) is 3.95. The van der Waals surface area contributed by atoms with Gasteiger partial charge in [0.2, 0.25) is 0 Å². The fraction of sp³-hybridized carbons (Fsp3) is 0.400. The molecule has 0 bridgehead atoms. The molecule has 0 nitrogen and oxygen atoms in total. The maximum Gasteiger partial charge on any atom is 0 e. The Bertz CT molecular complexity index is 253. The molecule has 0 saturated heterocycles. The van der Waals surface area contributed by atoms with Crippen molar-refractivity contribution >= 4 is 0 Å². The molecule has 0 spiro atoms. The van der Waals surface area contributed by atoms with E-state index in [9.17, 15) is 0 Å². The van der Waals surface area contributed by atoms with Crippen molar-refractivity contribution in [1.82, 2.24) is 0 Å². The van der Waals surface area contributed by atoms with Gasteiger partial charge in [-0.05, 0) is 37.3 Å². The molecule has 0 aliphatic heterocycles. The Morgan fingerprint density at radius 1 is 1.20 bits per heavy atom. The smallest absolute Gasteiger partial charge is 0 e. The lowest BCUT2D eigenvalue weighted by Crippen LogP contribution is -1.81. The highest BCUT2D eigenvalue weighted by molar-refractivity contribution is 5.34. The summed E-state index contributed by atoms with van der Waals surface area (Å²) in [4.78, 5) is 0. The molecule has 54 valence electrons. The Morgan fingerprint density at radius 3 is 2.90 bits per heavy atom. The molecule has 0 heterocycles. The molecule has 1 aliphatic rings. The summed E-state index contributed by atoms with van der Waals surface area (Å²) in [6, 6.07) is 6.81. The molecule has 0 aromatic heterocycles. The zero-order valence-electron chi connectivity index (χ0n) is 6.35. The highest BCUT2D eigenvalue weighted by atomic mass is 14.1. The molecule has 0 saturated carbocycles. The Hall–Kier alpha value is -0.780. The lowest BCUT2D eigenvalue weighted by molar-refractivity contribution is 0.911. The van der Waals surface area contributed by atoms with E-state index in [1.807, 2.05) is 0 Å². The van der Waals surface area contributed by atoms with Crippen molar-refractivity contribution in [2.75, 3.05) is 0 Å². The number of aryl methyl sites for hydroxylation is 3. The van der Waals surface area contributed by atoms with Crippen molar-refractivity contribution in [1.29, 1.82) is 0 Å². The van der Waals surface area contributed by atoms with E-state index in [1.54, 1.807) is 11.1 Å². The second-order valence-electron chi connectivity index (χ2n) is 3.13. The minimum absolute atomic E-state index is 0. The standard InChI is InChI=1S/C10H12.H2/c1-8-5-6-9-3-2-4-10(9)7-8;/h5-7H,2-4H2,1H3;1H. The summed E-state index contributed by atoms with van der Waals surface area (Å²) in [6.07, 6.45) is 3.96. The lowest BCUT2D eigenvalue weighted by atomic mass is 10.1. The van der Waals surface area contributed by atoms with Crippen LogP contribution in [-0.2, 0) is 12.8 Å². The van der Waals surface area contributed by atoms with Crippen LogP contribution in [-0.4, -0.2) is 0 Å². The van der Waals surface area contributed by atoms with Gasteiger partial charge in [-0.3, -0.25) is 0 Å². The van der Waals surface area contributed by atoms with Crippen LogP contribution in [0.3, 0.4) is 0 Å². The number of hydrogen-bond acceptors (Lipinski definition) is 0. The maximum atomic E-state index is 2.32. The third-order valence-corrected chi connectivity index (χ3v) is 2.25. The van der Waals surface area contributed by atoms with Gasteiger partial charge >= 0.3 is 0 Å². The third-order valence-electron chi connectivity index (χ3n) is 2.25. The summed E-state index contributed by atoms with van der Waals surface area (Å²) in [5, 5.41) is 0. The van der Waals surface area contributed by atoms with Gasteiger partial charge in [-0.25, -0.2) is 0 Å². The lowest BCUT2D eigenvalue weighted by Gasteiger charge is -1.98. The van der Waals surface area contributed by atoms with Gasteiger partial charge in [0.05, 0.1) is 0 Å². The second kappa shape index (κ2) is 2.12. The molecule has 10 heavy (non-hydrogen) atoms. The van der Waals surface area contributed by atoms with Crippen LogP contribution in [0.4, 0.5) is 0 Å². The molecule has 1 aromatic rings. The number of fused-ring (bicyclic) bond motifs is 1. The number of benzene rings is 1. The van der Waals surface area contributed by atoms with Crippen LogP contribution in [0.25, 0.3) is 0 Å². The minimum atomic E-state index is 0. The zero-order chi connectivity index (χ0) is 6.97. The third kappa shape index (κ3) is 0.841. The van der Waals surface area contributed by atoms with Gasteiger partial charge in [-0.15, -0.1) is 0 Å². The maximum absolute atomic E-state index is 2.32. The van der Waals surface area contributed by atoms with Gasteiger partial charge < -0.3 is 0 Å². The quantitative estimate of drug-likeness (QED) is 0.512. The van der Waals surface area contributed by atoms with Crippen LogP contribution in [0.2, 0.25) is 0 Å². The van der Waals surface area contributed by atoms with Gasteiger partial charge in [0, 0.05) is 1.43 Å². The summed E-state index contributed by atoms with van der Waals surface area (Å²) >= 11 is 0. The predicted molar refractivity (Wildman–Crippen MR) is 45.3 cm³/mol. The molecular weight excluding hydrogens is 120 g/mol. The average molecular weight is 134 g/mol. The van der Waals surface area contributed by atoms with E-state index in [-0.39, 0.29) is 1.43 Å². The number of rotatable bonds is 0. The first kappa shape index (κ1) is 5.96. The van der Waals surface area contributed by atoms with E-state index in [0.717, 1.165) is 0 Å².